The SMILES string of the molecule is CC12CC3=C1C(C3)C(C1C3CCC4C(C5C6CC7CC5(CS)C76)CCCC1(C)C43C)C2. The predicted molar refractivity (Wildman–Crippen MR) is 129 cm³/mol. The van der Waals surface area contributed by atoms with Gasteiger partial charge < -0.3 is 0 Å². The summed E-state index contributed by atoms with van der Waals surface area (Å²) < 4.78 is 0. The molecule has 14 unspecified atom stereocenters. The molecular weight excluding hydrogens is 392 g/mol. The lowest BCUT2D eigenvalue weighted by atomic mass is 9.23. The van der Waals surface area contributed by atoms with Gasteiger partial charge in [-0.2, -0.15) is 12.6 Å². The summed E-state index contributed by atoms with van der Waals surface area (Å²) in [6.07, 6.45) is 15.6. The smallest absolute Gasteiger partial charge is 0.00353 e. The van der Waals surface area contributed by atoms with Crippen molar-refractivity contribution < 1.29 is 0 Å². The molecule has 0 aliphatic heterocycles. The third-order valence-corrected chi connectivity index (χ3v) is 15.9. The Hall–Kier alpha value is 0.0900. The molecule has 0 radical (unpaired) electrons. The van der Waals surface area contributed by atoms with Crippen LogP contribution in [0.5, 0.6) is 0 Å². The van der Waals surface area contributed by atoms with E-state index in [1.807, 2.05) is 11.1 Å². The first-order valence-electron chi connectivity index (χ1n) is 14.2. The van der Waals surface area contributed by atoms with Crippen molar-refractivity contribution in [2.75, 3.05) is 5.75 Å². The highest BCUT2D eigenvalue weighted by Gasteiger charge is 2.81. The fourth-order valence-electron chi connectivity index (χ4n) is 14.7. The Bertz CT molecular complexity index is 948. The zero-order valence-electron chi connectivity index (χ0n) is 20.0. The lowest BCUT2D eigenvalue weighted by Gasteiger charge is -2.82. The van der Waals surface area contributed by atoms with Crippen molar-refractivity contribution >= 4 is 12.6 Å². The normalized spacial score (nSPS) is 70.5. The fourth-order valence-corrected chi connectivity index (χ4v) is 15.2. The van der Waals surface area contributed by atoms with Crippen LogP contribution in [0.25, 0.3) is 0 Å². The molecule has 7 saturated carbocycles. The van der Waals surface area contributed by atoms with E-state index in [1.165, 1.54) is 18.6 Å². The van der Waals surface area contributed by atoms with Gasteiger partial charge in [-0.05, 0) is 144 Å². The molecule has 0 aromatic heterocycles. The van der Waals surface area contributed by atoms with E-state index in [1.54, 1.807) is 51.4 Å². The molecule has 9 aliphatic rings. The van der Waals surface area contributed by atoms with Crippen LogP contribution in [0.2, 0.25) is 0 Å². The monoisotopic (exact) mass is 434 g/mol. The van der Waals surface area contributed by atoms with Crippen molar-refractivity contribution in [2.24, 2.45) is 80.8 Å². The summed E-state index contributed by atoms with van der Waals surface area (Å²) in [6, 6.07) is 0. The Morgan fingerprint density at radius 2 is 1.74 bits per heavy atom. The van der Waals surface area contributed by atoms with E-state index in [-0.39, 0.29) is 0 Å². The van der Waals surface area contributed by atoms with Crippen molar-refractivity contribution in [1.82, 2.24) is 0 Å². The van der Waals surface area contributed by atoms with Gasteiger partial charge in [-0.15, -0.1) is 0 Å². The van der Waals surface area contributed by atoms with Crippen molar-refractivity contribution in [3.05, 3.63) is 11.1 Å². The van der Waals surface area contributed by atoms with Crippen LogP contribution in [-0.2, 0) is 0 Å². The van der Waals surface area contributed by atoms with E-state index in [2.05, 4.69) is 20.8 Å². The first-order valence-corrected chi connectivity index (χ1v) is 14.8. The average Bonchev–Trinajstić information content (AvgIpc) is 2.97. The number of hydrogen-bond acceptors (Lipinski definition) is 1. The largest absolute Gasteiger partial charge is 0.179 e. The van der Waals surface area contributed by atoms with Crippen LogP contribution >= 0.6 is 12.6 Å². The van der Waals surface area contributed by atoms with Gasteiger partial charge >= 0.3 is 0 Å². The maximum atomic E-state index is 4.98. The third kappa shape index (κ3) is 1.57. The molecule has 14 atom stereocenters. The van der Waals surface area contributed by atoms with Crippen LogP contribution in [0, 0.1) is 80.8 Å². The second kappa shape index (κ2) is 5.04. The molecule has 0 nitrogen and oxygen atoms in total. The molecule has 31 heavy (non-hydrogen) atoms. The second-order valence-electron chi connectivity index (χ2n) is 15.3. The third-order valence-electron chi connectivity index (χ3n) is 15.3. The highest BCUT2D eigenvalue weighted by Crippen LogP contribution is 2.87. The number of hydrogen-bond donors (Lipinski definition) is 1. The van der Waals surface area contributed by atoms with Gasteiger partial charge in [-0.25, -0.2) is 0 Å². The molecule has 9 rings (SSSR count). The summed E-state index contributed by atoms with van der Waals surface area (Å²) in [5, 5.41) is 0. The minimum absolute atomic E-state index is 0.647. The van der Waals surface area contributed by atoms with Gasteiger partial charge in [0.05, 0.1) is 0 Å². The lowest BCUT2D eigenvalue weighted by Crippen LogP contribution is -2.78. The van der Waals surface area contributed by atoms with Gasteiger partial charge in [0.25, 0.3) is 0 Å². The van der Waals surface area contributed by atoms with Crippen LogP contribution in [0.15, 0.2) is 11.1 Å². The first-order chi connectivity index (χ1) is 14.9. The van der Waals surface area contributed by atoms with E-state index >= 15 is 0 Å². The van der Waals surface area contributed by atoms with E-state index in [0.29, 0.717) is 21.7 Å². The van der Waals surface area contributed by atoms with Gasteiger partial charge in [-0.3, -0.25) is 0 Å². The van der Waals surface area contributed by atoms with E-state index in [9.17, 15) is 0 Å². The number of rotatable bonds is 3. The molecular formula is C30H42S. The number of allylic oxidation sites excluding steroid dienone is 2. The second-order valence-corrected chi connectivity index (χ2v) is 15.6. The van der Waals surface area contributed by atoms with E-state index in [0.717, 1.165) is 59.2 Å². The zero-order chi connectivity index (χ0) is 20.7. The van der Waals surface area contributed by atoms with Crippen LogP contribution in [0.4, 0.5) is 0 Å². The van der Waals surface area contributed by atoms with Crippen molar-refractivity contribution in [3.63, 3.8) is 0 Å². The maximum Gasteiger partial charge on any atom is -0.00353 e. The number of thiol groups is 1. The van der Waals surface area contributed by atoms with Crippen LogP contribution in [0.1, 0.15) is 85.0 Å². The zero-order valence-corrected chi connectivity index (χ0v) is 20.9. The molecule has 0 spiro atoms. The standard InChI is InChI=1S/C30H42S/c1-27-11-15-9-18(23(15)27)20(13-27)26-22-7-6-21-17(5-4-8-28(26,2)29(21,22)3)25-19-10-16-12-30(25,14-31)24(16)19/h16-22,24-26,31H,4-14H2,1-3H3. The molecule has 0 aromatic rings. The highest BCUT2D eigenvalue weighted by atomic mass is 32.1. The summed E-state index contributed by atoms with van der Waals surface area (Å²) in [5.41, 5.74) is 6.57. The first kappa shape index (κ1) is 18.4. The molecule has 0 N–H and O–H groups in total. The molecule has 0 amide bonds. The minimum atomic E-state index is 0.647. The Kier molecular flexibility index (Phi) is 2.99. The average molecular weight is 435 g/mol. The van der Waals surface area contributed by atoms with Gasteiger partial charge in [0.2, 0.25) is 0 Å². The molecule has 0 heterocycles. The molecule has 9 aliphatic carbocycles. The van der Waals surface area contributed by atoms with Crippen molar-refractivity contribution in [3.8, 4) is 0 Å². The summed E-state index contributed by atoms with van der Waals surface area (Å²) in [5.74, 6) is 12.0. The fraction of sp³-hybridized carbons (Fsp3) is 0.933. The van der Waals surface area contributed by atoms with Gasteiger partial charge in [0, 0.05) is 0 Å². The Morgan fingerprint density at radius 3 is 2.45 bits per heavy atom. The Balaban J connectivity index is 1.07. The lowest BCUT2D eigenvalue weighted by molar-refractivity contribution is -0.334. The van der Waals surface area contributed by atoms with E-state index in [4.69, 9.17) is 12.6 Å². The maximum absolute atomic E-state index is 4.98. The van der Waals surface area contributed by atoms with E-state index < -0.39 is 0 Å². The topological polar surface area (TPSA) is 0 Å². The van der Waals surface area contributed by atoms with Crippen LogP contribution < -0.4 is 0 Å². The predicted octanol–water partition coefficient (Wildman–Crippen LogP) is 7.40. The Morgan fingerprint density at radius 1 is 0.903 bits per heavy atom. The van der Waals surface area contributed by atoms with Crippen molar-refractivity contribution in [2.45, 2.75) is 85.0 Å². The summed E-state index contributed by atoms with van der Waals surface area (Å²) in [7, 11) is 0. The molecule has 0 aromatic carbocycles. The van der Waals surface area contributed by atoms with Gasteiger partial charge in [-0.1, -0.05) is 38.3 Å². The highest BCUT2D eigenvalue weighted by molar-refractivity contribution is 7.80. The van der Waals surface area contributed by atoms with Gasteiger partial charge in [0.15, 0.2) is 0 Å². The molecule has 168 valence electrons. The molecule has 7 fully saturated rings. The van der Waals surface area contributed by atoms with Crippen molar-refractivity contribution in [1.29, 1.82) is 0 Å². The summed E-state index contributed by atoms with van der Waals surface area (Å²) >= 11 is 4.98. The molecule has 0 saturated heterocycles. The summed E-state index contributed by atoms with van der Waals surface area (Å²) in [6.45, 7) is 8.30. The Labute approximate surface area is 195 Å². The van der Waals surface area contributed by atoms with Crippen LogP contribution in [0.3, 0.4) is 0 Å². The summed E-state index contributed by atoms with van der Waals surface area (Å²) in [4.78, 5) is 0. The van der Waals surface area contributed by atoms with Gasteiger partial charge in [0.1, 0.15) is 0 Å². The molecule has 1 heteroatoms. The quantitative estimate of drug-likeness (QED) is 0.347. The minimum Gasteiger partial charge on any atom is -0.179 e. The van der Waals surface area contributed by atoms with Crippen LogP contribution in [-0.4, -0.2) is 5.75 Å². The molecule has 0 bridgehead atoms.